The van der Waals surface area contributed by atoms with E-state index in [1.807, 2.05) is 0 Å². The molecule has 3 rings (SSSR count). The Labute approximate surface area is 166 Å². The Balaban J connectivity index is 1.93. The summed E-state index contributed by atoms with van der Waals surface area (Å²) >= 11 is 6.07. The van der Waals surface area contributed by atoms with Crippen LogP contribution < -0.4 is 15.4 Å². The molecule has 2 aromatic rings. The summed E-state index contributed by atoms with van der Waals surface area (Å²) in [5.41, 5.74) is 0.326. The number of carbonyl (C=O) groups is 3. The van der Waals surface area contributed by atoms with Gasteiger partial charge in [0.15, 0.2) is 0 Å². The number of nitrogens with one attached hydrogen (secondary N) is 3. The van der Waals surface area contributed by atoms with Crippen LogP contribution in [0.2, 0.25) is 5.02 Å². The first kappa shape index (κ1) is 19.8. The maximum Gasteiger partial charge on any atom is 0.261 e. The standard InChI is InChI=1S/C18H16ClN3O5S/c1-9(2)20-16(23)10-3-6-14(19)15(7-10)22-28(26,27)11-4-5-12-13(8-11)18(25)21-17(12)24/h3-9,22H,1-2H3,(H,20,23)(H,21,24,25). The van der Waals surface area contributed by atoms with Crippen LogP contribution >= 0.6 is 11.6 Å². The summed E-state index contributed by atoms with van der Waals surface area (Å²) in [5, 5.41) is 4.89. The van der Waals surface area contributed by atoms with Gasteiger partial charge in [0.05, 0.1) is 26.7 Å². The van der Waals surface area contributed by atoms with Crippen LogP contribution in [0.25, 0.3) is 0 Å². The van der Waals surface area contributed by atoms with E-state index in [9.17, 15) is 22.8 Å². The second kappa shape index (κ2) is 7.25. The minimum atomic E-state index is -4.12. The minimum Gasteiger partial charge on any atom is -0.350 e. The number of anilines is 1. The highest BCUT2D eigenvalue weighted by molar-refractivity contribution is 7.92. The molecule has 0 saturated heterocycles. The lowest BCUT2D eigenvalue weighted by molar-refractivity contribution is 0.0877. The van der Waals surface area contributed by atoms with Crippen molar-refractivity contribution in [3.05, 3.63) is 58.1 Å². The maximum absolute atomic E-state index is 12.7. The summed E-state index contributed by atoms with van der Waals surface area (Å²) in [4.78, 5) is 35.3. The monoisotopic (exact) mass is 421 g/mol. The van der Waals surface area contributed by atoms with Crippen molar-refractivity contribution in [1.29, 1.82) is 0 Å². The summed E-state index contributed by atoms with van der Waals surface area (Å²) in [6.45, 7) is 3.60. The molecule has 0 saturated carbocycles. The van der Waals surface area contributed by atoms with Crippen molar-refractivity contribution in [3.63, 3.8) is 0 Å². The highest BCUT2D eigenvalue weighted by atomic mass is 35.5. The van der Waals surface area contributed by atoms with Gasteiger partial charge in [-0.3, -0.25) is 24.4 Å². The molecule has 0 fully saturated rings. The van der Waals surface area contributed by atoms with Crippen molar-refractivity contribution in [2.75, 3.05) is 4.72 Å². The Bertz CT molecular complexity index is 1110. The third-order valence-electron chi connectivity index (χ3n) is 3.91. The Morgan fingerprint density at radius 3 is 2.39 bits per heavy atom. The van der Waals surface area contributed by atoms with Gasteiger partial charge < -0.3 is 5.32 Å². The van der Waals surface area contributed by atoms with Crippen molar-refractivity contribution in [1.82, 2.24) is 10.6 Å². The topological polar surface area (TPSA) is 121 Å². The Morgan fingerprint density at radius 2 is 1.71 bits per heavy atom. The van der Waals surface area contributed by atoms with E-state index in [1.165, 1.54) is 30.3 Å². The molecule has 0 bridgehead atoms. The fourth-order valence-corrected chi connectivity index (χ4v) is 3.93. The number of halogens is 1. The van der Waals surface area contributed by atoms with E-state index in [-0.39, 0.29) is 44.2 Å². The van der Waals surface area contributed by atoms with Gasteiger partial charge in [0.25, 0.3) is 27.7 Å². The van der Waals surface area contributed by atoms with E-state index in [4.69, 9.17) is 11.6 Å². The molecule has 0 unspecified atom stereocenters. The van der Waals surface area contributed by atoms with Crippen LogP contribution in [-0.2, 0) is 10.0 Å². The van der Waals surface area contributed by atoms with Crippen LogP contribution in [0.5, 0.6) is 0 Å². The van der Waals surface area contributed by atoms with Crippen LogP contribution in [0.3, 0.4) is 0 Å². The zero-order valence-corrected chi connectivity index (χ0v) is 16.4. The van der Waals surface area contributed by atoms with Crippen LogP contribution in [0, 0.1) is 0 Å². The number of benzene rings is 2. The molecule has 28 heavy (non-hydrogen) atoms. The average molecular weight is 422 g/mol. The molecule has 0 aromatic heterocycles. The second-order valence-electron chi connectivity index (χ2n) is 6.42. The summed E-state index contributed by atoms with van der Waals surface area (Å²) in [5.74, 6) is -1.62. The fraction of sp³-hybridized carbons (Fsp3) is 0.167. The van der Waals surface area contributed by atoms with E-state index >= 15 is 0 Å². The molecule has 10 heteroatoms. The zero-order valence-electron chi connectivity index (χ0n) is 14.9. The lowest BCUT2D eigenvalue weighted by Gasteiger charge is -2.13. The number of rotatable bonds is 5. The molecule has 2 aromatic carbocycles. The molecule has 1 aliphatic heterocycles. The molecule has 1 aliphatic rings. The number of sulfonamides is 1. The lowest BCUT2D eigenvalue weighted by Crippen LogP contribution is -2.30. The molecule has 0 atom stereocenters. The average Bonchev–Trinajstić information content (AvgIpc) is 2.90. The summed E-state index contributed by atoms with van der Waals surface area (Å²) < 4.78 is 27.7. The second-order valence-corrected chi connectivity index (χ2v) is 8.51. The lowest BCUT2D eigenvalue weighted by atomic mass is 10.1. The van der Waals surface area contributed by atoms with E-state index < -0.39 is 21.8 Å². The van der Waals surface area contributed by atoms with E-state index in [1.54, 1.807) is 13.8 Å². The predicted molar refractivity (Wildman–Crippen MR) is 103 cm³/mol. The number of hydrogen-bond donors (Lipinski definition) is 3. The Kier molecular flexibility index (Phi) is 5.14. The first-order chi connectivity index (χ1) is 13.1. The maximum atomic E-state index is 12.7. The van der Waals surface area contributed by atoms with Gasteiger partial charge in [0.2, 0.25) is 0 Å². The van der Waals surface area contributed by atoms with Gasteiger partial charge in [-0.2, -0.15) is 0 Å². The normalized spacial score (nSPS) is 13.3. The molecule has 3 amide bonds. The number of hydrogen-bond acceptors (Lipinski definition) is 5. The van der Waals surface area contributed by atoms with Gasteiger partial charge in [-0.1, -0.05) is 11.6 Å². The minimum absolute atomic E-state index is 0.0131. The molecule has 146 valence electrons. The molecular weight excluding hydrogens is 406 g/mol. The van der Waals surface area contributed by atoms with Gasteiger partial charge in [0, 0.05) is 11.6 Å². The van der Waals surface area contributed by atoms with Crippen LogP contribution in [0.4, 0.5) is 5.69 Å². The number of imide groups is 1. The summed E-state index contributed by atoms with van der Waals surface area (Å²) in [7, 11) is -4.12. The number of carbonyl (C=O) groups excluding carboxylic acids is 3. The van der Waals surface area contributed by atoms with E-state index in [0.29, 0.717) is 0 Å². The molecule has 3 N–H and O–H groups in total. The van der Waals surface area contributed by atoms with E-state index in [0.717, 1.165) is 6.07 Å². The van der Waals surface area contributed by atoms with Gasteiger partial charge in [0.1, 0.15) is 0 Å². The molecule has 8 nitrogen and oxygen atoms in total. The molecule has 0 radical (unpaired) electrons. The van der Waals surface area contributed by atoms with Gasteiger partial charge in [-0.25, -0.2) is 8.42 Å². The number of fused-ring (bicyclic) bond motifs is 1. The Morgan fingerprint density at radius 1 is 1.04 bits per heavy atom. The van der Waals surface area contributed by atoms with Crippen LogP contribution in [0.1, 0.15) is 44.9 Å². The third-order valence-corrected chi connectivity index (χ3v) is 5.60. The molecule has 1 heterocycles. The Hall–Kier alpha value is -2.91. The zero-order chi connectivity index (χ0) is 20.6. The molecule has 0 aliphatic carbocycles. The van der Waals surface area contributed by atoms with Crippen molar-refractivity contribution in [2.24, 2.45) is 0 Å². The highest BCUT2D eigenvalue weighted by Crippen LogP contribution is 2.27. The summed E-state index contributed by atoms with van der Waals surface area (Å²) in [6.07, 6.45) is 0. The van der Waals surface area contributed by atoms with Crippen molar-refractivity contribution < 1.29 is 22.8 Å². The first-order valence-corrected chi connectivity index (χ1v) is 10.1. The molecular formula is C18H16ClN3O5S. The fourth-order valence-electron chi connectivity index (χ4n) is 2.61. The van der Waals surface area contributed by atoms with Gasteiger partial charge in [-0.05, 0) is 50.2 Å². The predicted octanol–water partition coefficient (Wildman–Crippen LogP) is 2.16. The first-order valence-electron chi connectivity index (χ1n) is 8.21. The molecule has 0 spiro atoms. The van der Waals surface area contributed by atoms with Crippen molar-refractivity contribution in [3.8, 4) is 0 Å². The summed E-state index contributed by atoms with van der Waals surface area (Å²) in [6, 6.07) is 7.69. The van der Waals surface area contributed by atoms with Gasteiger partial charge in [-0.15, -0.1) is 0 Å². The van der Waals surface area contributed by atoms with Crippen LogP contribution in [0.15, 0.2) is 41.3 Å². The van der Waals surface area contributed by atoms with Crippen molar-refractivity contribution >= 4 is 45.0 Å². The largest absolute Gasteiger partial charge is 0.350 e. The van der Waals surface area contributed by atoms with Crippen molar-refractivity contribution in [2.45, 2.75) is 24.8 Å². The van der Waals surface area contributed by atoms with Gasteiger partial charge >= 0.3 is 0 Å². The third kappa shape index (κ3) is 3.85. The quantitative estimate of drug-likeness (QED) is 0.639. The van der Waals surface area contributed by atoms with Crippen LogP contribution in [-0.4, -0.2) is 32.2 Å². The SMILES string of the molecule is CC(C)NC(=O)c1ccc(Cl)c(NS(=O)(=O)c2ccc3c(c2)C(=O)NC3=O)c1. The smallest absolute Gasteiger partial charge is 0.261 e. The highest BCUT2D eigenvalue weighted by Gasteiger charge is 2.29. The number of amides is 3. The van der Waals surface area contributed by atoms with E-state index in [2.05, 4.69) is 15.4 Å².